The van der Waals surface area contributed by atoms with Crippen molar-refractivity contribution >= 4 is 35.0 Å². The van der Waals surface area contributed by atoms with E-state index in [0.717, 1.165) is 28.3 Å². The van der Waals surface area contributed by atoms with Gasteiger partial charge in [-0.1, -0.05) is 41.1 Å². The van der Waals surface area contributed by atoms with Crippen LogP contribution in [-0.2, 0) is 17.9 Å². The zero-order valence-electron chi connectivity index (χ0n) is 18.2. The van der Waals surface area contributed by atoms with Crippen LogP contribution in [0.4, 0.5) is 5.69 Å². The maximum Gasteiger partial charge on any atom is 0.234 e. The van der Waals surface area contributed by atoms with E-state index in [-0.39, 0.29) is 18.3 Å². The van der Waals surface area contributed by atoms with E-state index in [9.17, 15) is 4.79 Å². The van der Waals surface area contributed by atoms with Gasteiger partial charge >= 0.3 is 0 Å². The lowest BCUT2D eigenvalue weighted by Gasteiger charge is -2.11. The molecule has 170 valence electrons. The molecule has 0 aliphatic heterocycles. The van der Waals surface area contributed by atoms with Gasteiger partial charge in [0.1, 0.15) is 18.1 Å². The highest BCUT2D eigenvalue weighted by atomic mass is 35.5. The number of halogens is 1. The predicted octanol–water partition coefficient (Wildman–Crippen LogP) is 5.50. The molecule has 33 heavy (non-hydrogen) atoms. The second-order valence-electron chi connectivity index (χ2n) is 7.46. The summed E-state index contributed by atoms with van der Waals surface area (Å²) < 4.78 is 13.3. The number of rotatable bonds is 9. The van der Waals surface area contributed by atoms with Crippen molar-refractivity contribution in [2.45, 2.75) is 32.2 Å². The zero-order chi connectivity index (χ0) is 23.2. The highest BCUT2D eigenvalue weighted by Gasteiger charge is 2.17. The number of nitrogens with one attached hydrogen (secondary N) is 1. The van der Waals surface area contributed by atoms with Crippen LogP contribution in [0.2, 0.25) is 5.02 Å². The monoisotopic (exact) mass is 482 g/mol. The number of amides is 1. The highest BCUT2D eigenvalue weighted by Crippen LogP contribution is 2.23. The van der Waals surface area contributed by atoms with Crippen LogP contribution in [0.3, 0.4) is 0 Å². The van der Waals surface area contributed by atoms with Crippen LogP contribution >= 0.6 is 23.4 Å². The van der Waals surface area contributed by atoms with Gasteiger partial charge in [-0.15, -0.1) is 10.2 Å². The van der Waals surface area contributed by atoms with Gasteiger partial charge in [0, 0.05) is 10.7 Å². The Labute approximate surface area is 201 Å². The van der Waals surface area contributed by atoms with Crippen molar-refractivity contribution in [1.29, 1.82) is 0 Å². The first kappa shape index (κ1) is 22.9. The average molecular weight is 483 g/mol. The predicted molar refractivity (Wildman–Crippen MR) is 129 cm³/mol. The number of aryl methyl sites for hydroxylation is 2. The number of carbonyl (C=O) groups excluding carboxylic acids is 1. The summed E-state index contributed by atoms with van der Waals surface area (Å²) in [4.78, 5) is 12.5. The van der Waals surface area contributed by atoms with Crippen LogP contribution < -0.4 is 10.1 Å². The lowest BCUT2D eigenvalue weighted by molar-refractivity contribution is -0.113. The number of anilines is 1. The number of aromatic nitrogens is 3. The Balaban J connectivity index is 1.44. The molecule has 0 spiro atoms. The van der Waals surface area contributed by atoms with Gasteiger partial charge in [0.05, 0.1) is 18.6 Å². The molecule has 0 aliphatic carbocycles. The maximum atomic E-state index is 12.5. The number of ether oxygens (including phenoxy) is 1. The number of carbonyl (C=O) groups is 1. The number of hydrogen-bond donors (Lipinski definition) is 1. The fourth-order valence-electron chi connectivity index (χ4n) is 3.12. The van der Waals surface area contributed by atoms with E-state index in [2.05, 4.69) is 15.5 Å². The van der Waals surface area contributed by atoms with Gasteiger partial charge in [-0.3, -0.25) is 9.36 Å². The summed E-state index contributed by atoms with van der Waals surface area (Å²) in [6, 6.07) is 16.9. The molecular formula is C24H23ClN4O3S. The molecule has 1 amide bonds. The van der Waals surface area contributed by atoms with E-state index in [1.165, 1.54) is 11.8 Å². The fourth-order valence-corrected chi connectivity index (χ4v) is 4.10. The van der Waals surface area contributed by atoms with Crippen LogP contribution in [0.5, 0.6) is 5.75 Å². The molecular weight excluding hydrogens is 460 g/mol. The smallest absolute Gasteiger partial charge is 0.234 e. The molecule has 0 saturated heterocycles. The largest absolute Gasteiger partial charge is 0.486 e. The third kappa shape index (κ3) is 6.18. The average Bonchev–Trinajstić information content (AvgIpc) is 3.44. The van der Waals surface area contributed by atoms with Crippen molar-refractivity contribution in [2.75, 3.05) is 11.1 Å². The van der Waals surface area contributed by atoms with Crippen molar-refractivity contribution in [2.24, 2.45) is 0 Å². The number of benzene rings is 2. The summed E-state index contributed by atoms with van der Waals surface area (Å²) in [5.41, 5.74) is 2.79. The maximum absolute atomic E-state index is 12.5. The van der Waals surface area contributed by atoms with Crippen molar-refractivity contribution < 1.29 is 13.9 Å². The summed E-state index contributed by atoms with van der Waals surface area (Å²) >= 11 is 7.30. The first-order valence-electron chi connectivity index (χ1n) is 10.3. The highest BCUT2D eigenvalue weighted by molar-refractivity contribution is 7.99. The third-order valence-electron chi connectivity index (χ3n) is 4.87. The normalized spacial score (nSPS) is 10.9. The van der Waals surface area contributed by atoms with E-state index in [4.69, 9.17) is 20.8 Å². The number of furan rings is 1. The lowest BCUT2D eigenvalue weighted by atomic mass is 10.2. The van der Waals surface area contributed by atoms with Crippen LogP contribution in [-0.4, -0.2) is 26.4 Å². The molecule has 0 atom stereocenters. The summed E-state index contributed by atoms with van der Waals surface area (Å²) in [5, 5.41) is 12.7. The van der Waals surface area contributed by atoms with Crippen LogP contribution in [0.15, 0.2) is 70.4 Å². The molecule has 4 rings (SSSR count). The molecule has 0 unspecified atom stereocenters. The van der Waals surface area contributed by atoms with E-state index < -0.39 is 0 Å². The molecule has 0 aliphatic rings. The quantitative estimate of drug-likeness (QED) is 0.317. The second kappa shape index (κ2) is 10.6. The molecule has 2 heterocycles. The van der Waals surface area contributed by atoms with E-state index in [0.29, 0.717) is 22.5 Å². The second-order valence-corrected chi connectivity index (χ2v) is 8.84. The Kier molecular flexibility index (Phi) is 7.36. The summed E-state index contributed by atoms with van der Waals surface area (Å²) in [6.45, 7) is 4.60. The molecule has 9 heteroatoms. The Hall–Kier alpha value is -3.23. The SMILES string of the molecule is Cc1ccc(OCc2nnc(SCC(=O)Nc3ccc(Cl)cc3C)n2Cc2ccco2)cc1. The first-order chi connectivity index (χ1) is 16.0. The van der Waals surface area contributed by atoms with Gasteiger partial charge in [0.25, 0.3) is 0 Å². The molecule has 7 nitrogen and oxygen atoms in total. The first-order valence-corrected chi connectivity index (χ1v) is 11.7. The van der Waals surface area contributed by atoms with Gasteiger partial charge < -0.3 is 14.5 Å². The van der Waals surface area contributed by atoms with Crippen molar-refractivity contribution in [3.05, 3.63) is 88.6 Å². The molecule has 0 radical (unpaired) electrons. The van der Waals surface area contributed by atoms with Crippen LogP contribution in [0.25, 0.3) is 0 Å². The van der Waals surface area contributed by atoms with Gasteiger partial charge in [-0.2, -0.15) is 0 Å². The molecule has 0 bridgehead atoms. The number of hydrogen-bond acceptors (Lipinski definition) is 6. The van der Waals surface area contributed by atoms with E-state index in [1.54, 1.807) is 18.4 Å². The molecule has 2 aromatic heterocycles. The topological polar surface area (TPSA) is 82.2 Å². The molecule has 1 N–H and O–H groups in total. The minimum Gasteiger partial charge on any atom is -0.486 e. The third-order valence-corrected chi connectivity index (χ3v) is 6.07. The summed E-state index contributed by atoms with van der Waals surface area (Å²) in [7, 11) is 0. The standard InChI is InChI=1S/C24H23ClN4O3S/c1-16-5-8-19(9-6-16)32-14-22-27-28-24(29(22)13-20-4-3-11-31-20)33-15-23(30)26-21-10-7-18(25)12-17(21)2/h3-12H,13-15H2,1-2H3,(H,26,30). The van der Waals surface area contributed by atoms with Crippen molar-refractivity contribution in [3.8, 4) is 5.75 Å². The number of thioether (sulfide) groups is 1. The Bertz CT molecular complexity index is 1220. The van der Waals surface area contributed by atoms with Crippen LogP contribution in [0.1, 0.15) is 22.7 Å². The Morgan fingerprint density at radius 1 is 1.15 bits per heavy atom. The Morgan fingerprint density at radius 2 is 1.97 bits per heavy atom. The van der Waals surface area contributed by atoms with Crippen LogP contribution in [0, 0.1) is 13.8 Å². The fraction of sp³-hybridized carbons (Fsp3) is 0.208. The van der Waals surface area contributed by atoms with Gasteiger partial charge in [0.15, 0.2) is 11.0 Å². The summed E-state index contributed by atoms with van der Waals surface area (Å²) in [6.07, 6.45) is 1.62. The summed E-state index contributed by atoms with van der Waals surface area (Å²) in [5.74, 6) is 2.19. The molecule has 0 saturated carbocycles. The van der Waals surface area contributed by atoms with E-state index in [1.807, 2.05) is 60.9 Å². The minimum atomic E-state index is -0.143. The Morgan fingerprint density at radius 3 is 2.70 bits per heavy atom. The lowest BCUT2D eigenvalue weighted by Crippen LogP contribution is -2.16. The zero-order valence-corrected chi connectivity index (χ0v) is 19.8. The molecule has 2 aromatic carbocycles. The molecule has 4 aromatic rings. The van der Waals surface area contributed by atoms with Gasteiger partial charge in [-0.25, -0.2) is 0 Å². The van der Waals surface area contributed by atoms with E-state index >= 15 is 0 Å². The van der Waals surface area contributed by atoms with Gasteiger partial charge in [-0.05, 0) is 61.9 Å². The minimum absolute atomic E-state index is 0.143. The van der Waals surface area contributed by atoms with Gasteiger partial charge in [0.2, 0.25) is 5.91 Å². The molecule has 0 fully saturated rings. The van der Waals surface area contributed by atoms with Crippen molar-refractivity contribution in [1.82, 2.24) is 14.8 Å². The number of nitrogens with zero attached hydrogens (tertiary/aromatic N) is 3. The van der Waals surface area contributed by atoms with Crippen molar-refractivity contribution in [3.63, 3.8) is 0 Å².